The lowest BCUT2D eigenvalue weighted by Crippen LogP contribution is -2.41. The Kier molecular flexibility index (Phi) is 6.50. The van der Waals surface area contributed by atoms with E-state index in [-0.39, 0.29) is 30.8 Å². The third kappa shape index (κ3) is 4.77. The molecule has 1 amide bonds. The average Bonchev–Trinajstić information content (AvgIpc) is 3.41. The molecule has 0 radical (unpaired) electrons. The predicted octanol–water partition coefficient (Wildman–Crippen LogP) is 1.38. The highest BCUT2D eigenvalue weighted by atomic mass is 16.5. The van der Waals surface area contributed by atoms with Crippen LogP contribution in [0.1, 0.15) is 17.7 Å². The van der Waals surface area contributed by atoms with E-state index in [0.29, 0.717) is 24.6 Å². The lowest BCUT2D eigenvalue weighted by atomic mass is 10.2. The van der Waals surface area contributed by atoms with Crippen LogP contribution in [0, 0.1) is 6.92 Å². The number of ether oxygens (including phenoxy) is 1. The molecule has 0 aliphatic heterocycles. The van der Waals surface area contributed by atoms with E-state index in [4.69, 9.17) is 9.26 Å². The van der Waals surface area contributed by atoms with Crippen LogP contribution >= 0.6 is 0 Å². The number of hydrogen-bond donors (Lipinski definition) is 1. The molecular weight excluding hydrogens is 428 g/mol. The third-order valence-electron chi connectivity index (χ3n) is 5.16. The number of carbonyl (C=O) groups excluding carboxylic acids is 1. The van der Waals surface area contributed by atoms with E-state index in [1.54, 1.807) is 24.7 Å². The summed E-state index contributed by atoms with van der Waals surface area (Å²) in [4.78, 5) is 43.3. The number of aromatic nitrogens is 5. The molecule has 0 saturated carbocycles. The van der Waals surface area contributed by atoms with Crippen LogP contribution in [-0.4, -0.2) is 43.5 Å². The number of nitrogens with one attached hydrogen (secondary N) is 1. The van der Waals surface area contributed by atoms with E-state index >= 15 is 0 Å². The first-order valence-electron chi connectivity index (χ1n) is 10.4. The first kappa shape index (κ1) is 22.2. The molecule has 0 spiro atoms. The Hall–Kier alpha value is -3.99. The van der Waals surface area contributed by atoms with Gasteiger partial charge in [0.15, 0.2) is 17.0 Å². The average molecular weight is 452 g/mol. The fourth-order valence-electron chi connectivity index (χ4n) is 3.55. The zero-order valence-corrected chi connectivity index (χ0v) is 18.4. The van der Waals surface area contributed by atoms with E-state index in [9.17, 15) is 14.4 Å². The van der Waals surface area contributed by atoms with Gasteiger partial charge in [0.2, 0.25) is 5.91 Å². The lowest BCUT2D eigenvalue weighted by Gasteiger charge is -2.13. The van der Waals surface area contributed by atoms with Crippen LogP contribution in [0.15, 0.2) is 56.8 Å². The lowest BCUT2D eigenvalue weighted by molar-refractivity contribution is -0.116. The van der Waals surface area contributed by atoms with Crippen molar-refractivity contribution in [3.8, 4) is 0 Å². The summed E-state index contributed by atoms with van der Waals surface area (Å²) < 4.78 is 14.2. The predicted molar refractivity (Wildman–Crippen MR) is 120 cm³/mol. The number of imidazole rings is 1. The summed E-state index contributed by atoms with van der Waals surface area (Å²) in [5.74, 6) is 0.441. The van der Waals surface area contributed by atoms with Gasteiger partial charge in [-0.15, -0.1) is 0 Å². The van der Waals surface area contributed by atoms with Gasteiger partial charge in [-0.2, -0.15) is 0 Å². The standard InChI is InChI=1S/C22H24N6O5/c1-15-12-17(25-33-15)24-18(29)8-9-27-21(30)19-20(23-14-26(19)10-11-32-2)28(22(27)31)13-16-6-4-3-5-7-16/h3-7,12,14H,8-11,13H2,1-2H3,(H,24,25,29). The van der Waals surface area contributed by atoms with E-state index in [1.807, 2.05) is 30.3 Å². The molecule has 0 aliphatic carbocycles. The Morgan fingerprint density at radius 3 is 2.64 bits per heavy atom. The molecule has 4 rings (SSSR count). The first-order chi connectivity index (χ1) is 16.0. The second-order valence-electron chi connectivity index (χ2n) is 7.54. The van der Waals surface area contributed by atoms with Crippen molar-refractivity contribution >= 4 is 22.9 Å². The van der Waals surface area contributed by atoms with Crippen molar-refractivity contribution < 1.29 is 14.1 Å². The summed E-state index contributed by atoms with van der Waals surface area (Å²) in [6.45, 7) is 2.63. The maximum absolute atomic E-state index is 13.3. The van der Waals surface area contributed by atoms with Gasteiger partial charge in [-0.1, -0.05) is 35.5 Å². The molecule has 0 fully saturated rings. The topological polar surface area (TPSA) is 126 Å². The number of carbonyl (C=O) groups is 1. The number of nitrogens with zero attached hydrogens (tertiary/aromatic N) is 5. The molecule has 0 aliphatic rings. The summed E-state index contributed by atoms with van der Waals surface area (Å²) >= 11 is 0. The number of fused-ring (bicyclic) bond motifs is 1. The van der Waals surface area contributed by atoms with Gasteiger partial charge in [-0.25, -0.2) is 9.78 Å². The van der Waals surface area contributed by atoms with Gasteiger partial charge in [0.05, 0.1) is 19.5 Å². The van der Waals surface area contributed by atoms with Crippen molar-refractivity contribution in [2.45, 2.75) is 33.0 Å². The van der Waals surface area contributed by atoms with Crippen LogP contribution in [0.4, 0.5) is 5.82 Å². The van der Waals surface area contributed by atoms with Crippen LogP contribution in [0.2, 0.25) is 0 Å². The summed E-state index contributed by atoms with van der Waals surface area (Å²) in [6.07, 6.45) is 1.43. The van der Waals surface area contributed by atoms with Gasteiger partial charge in [-0.3, -0.25) is 18.7 Å². The van der Waals surface area contributed by atoms with Crippen molar-refractivity contribution in [2.75, 3.05) is 19.0 Å². The quantitative estimate of drug-likeness (QED) is 0.407. The minimum Gasteiger partial charge on any atom is -0.383 e. The molecule has 3 heterocycles. The van der Waals surface area contributed by atoms with Crippen LogP contribution < -0.4 is 16.6 Å². The highest BCUT2D eigenvalue weighted by Crippen LogP contribution is 2.11. The summed E-state index contributed by atoms with van der Waals surface area (Å²) in [5, 5.41) is 6.31. The molecule has 1 aromatic carbocycles. The van der Waals surface area contributed by atoms with Crippen molar-refractivity contribution in [1.29, 1.82) is 0 Å². The number of hydrogen-bond acceptors (Lipinski definition) is 7. The van der Waals surface area contributed by atoms with Gasteiger partial charge < -0.3 is 19.1 Å². The van der Waals surface area contributed by atoms with Crippen LogP contribution in [0.3, 0.4) is 0 Å². The van der Waals surface area contributed by atoms with Crippen molar-refractivity contribution in [3.63, 3.8) is 0 Å². The normalized spacial score (nSPS) is 11.2. The minimum absolute atomic E-state index is 0.0931. The van der Waals surface area contributed by atoms with Gasteiger partial charge in [0, 0.05) is 32.7 Å². The van der Waals surface area contributed by atoms with Crippen LogP contribution in [-0.2, 0) is 29.2 Å². The van der Waals surface area contributed by atoms with Crippen LogP contribution in [0.25, 0.3) is 11.2 Å². The van der Waals surface area contributed by atoms with E-state index < -0.39 is 17.2 Å². The Bertz CT molecular complexity index is 1380. The Balaban J connectivity index is 1.70. The van der Waals surface area contributed by atoms with Gasteiger partial charge in [0.1, 0.15) is 5.76 Å². The highest BCUT2D eigenvalue weighted by Gasteiger charge is 2.19. The first-order valence-corrected chi connectivity index (χ1v) is 10.4. The van der Waals surface area contributed by atoms with Crippen molar-refractivity contribution in [1.82, 2.24) is 23.8 Å². The molecule has 4 aromatic rings. The number of amides is 1. The molecule has 3 aromatic heterocycles. The Labute approximate surface area is 188 Å². The molecular formula is C22H24N6O5. The fraction of sp³-hybridized carbons (Fsp3) is 0.318. The SMILES string of the molecule is COCCn1cnc2c1c(=O)n(CCC(=O)Nc1cc(C)on1)c(=O)n2Cc1ccccc1. The Morgan fingerprint density at radius 2 is 1.94 bits per heavy atom. The third-order valence-corrected chi connectivity index (χ3v) is 5.16. The number of rotatable bonds is 9. The minimum atomic E-state index is -0.529. The molecule has 0 saturated heterocycles. The second-order valence-corrected chi connectivity index (χ2v) is 7.54. The number of anilines is 1. The molecule has 1 N–H and O–H groups in total. The molecule has 11 heteroatoms. The van der Waals surface area contributed by atoms with Crippen molar-refractivity contribution in [2.24, 2.45) is 0 Å². The number of benzene rings is 1. The smallest absolute Gasteiger partial charge is 0.333 e. The summed E-state index contributed by atoms with van der Waals surface area (Å²) in [6, 6.07) is 11.0. The van der Waals surface area contributed by atoms with E-state index in [0.717, 1.165) is 10.1 Å². The molecule has 172 valence electrons. The largest absolute Gasteiger partial charge is 0.383 e. The monoisotopic (exact) mass is 452 g/mol. The zero-order valence-electron chi connectivity index (χ0n) is 18.4. The second kappa shape index (κ2) is 9.65. The highest BCUT2D eigenvalue weighted by molar-refractivity contribution is 5.89. The molecule has 33 heavy (non-hydrogen) atoms. The molecule has 0 unspecified atom stereocenters. The summed E-state index contributed by atoms with van der Waals surface area (Å²) in [5.41, 5.74) is 0.437. The van der Waals surface area contributed by atoms with Gasteiger partial charge in [0.25, 0.3) is 5.56 Å². The molecule has 0 bridgehead atoms. The number of methoxy groups -OCH3 is 1. The molecule has 0 atom stereocenters. The van der Waals surface area contributed by atoms with Crippen molar-refractivity contribution in [3.05, 3.63) is 74.9 Å². The zero-order chi connectivity index (χ0) is 23.4. The van der Waals surface area contributed by atoms with Gasteiger partial charge >= 0.3 is 5.69 Å². The maximum atomic E-state index is 13.3. The Morgan fingerprint density at radius 1 is 1.15 bits per heavy atom. The van der Waals surface area contributed by atoms with Gasteiger partial charge in [-0.05, 0) is 12.5 Å². The molecule has 11 nitrogen and oxygen atoms in total. The fourth-order valence-corrected chi connectivity index (χ4v) is 3.55. The van der Waals surface area contributed by atoms with E-state index in [2.05, 4.69) is 15.5 Å². The summed E-state index contributed by atoms with van der Waals surface area (Å²) in [7, 11) is 1.57. The van der Waals surface area contributed by atoms with Crippen LogP contribution in [0.5, 0.6) is 0 Å². The van der Waals surface area contributed by atoms with E-state index in [1.165, 1.54) is 10.9 Å². The number of aryl methyl sites for hydroxylation is 1. The maximum Gasteiger partial charge on any atom is 0.333 e.